The second kappa shape index (κ2) is 6.64. The fraction of sp³-hybridized carbons (Fsp3) is 0.167. The Morgan fingerprint density at radius 1 is 1.24 bits per heavy atom. The molecule has 3 aromatic rings. The van der Waals surface area contributed by atoms with Crippen molar-refractivity contribution in [2.75, 3.05) is 5.32 Å². The van der Waals surface area contributed by atoms with E-state index in [1.54, 1.807) is 0 Å². The molecule has 1 amide bonds. The van der Waals surface area contributed by atoms with Gasteiger partial charge in [0.25, 0.3) is 0 Å². The number of amides is 1. The van der Waals surface area contributed by atoms with Crippen LogP contribution in [0, 0.1) is 6.92 Å². The summed E-state index contributed by atoms with van der Waals surface area (Å²) in [6.45, 7) is 1.90. The van der Waals surface area contributed by atoms with Crippen LogP contribution in [0.4, 0.5) is 5.69 Å². The van der Waals surface area contributed by atoms with Crippen molar-refractivity contribution in [3.63, 3.8) is 0 Å². The number of aromatic carboxylic acids is 1. The molecule has 0 unspecified atom stereocenters. The summed E-state index contributed by atoms with van der Waals surface area (Å²) < 4.78 is 1.95. The molecule has 0 saturated heterocycles. The number of anilines is 1. The third kappa shape index (κ3) is 3.45. The maximum absolute atomic E-state index is 12.2. The highest BCUT2D eigenvalue weighted by molar-refractivity contribution is 5.95. The minimum absolute atomic E-state index is 0.229. The van der Waals surface area contributed by atoms with Gasteiger partial charge in [-0.25, -0.2) is 9.78 Å². The summed E-state index contributed by atoms with van der Waals surface area (Å²) in [5.74, 6) is -1.84. The first-order valence-electron chi connectivity index (χ1n) is 7.74. The van der Waals surface area contributed by atoms with Crippen molar-refractivity contribution >= 4 is 23.2 Å². The predicted octanol–water partition coefficient (Wildman–Crippen LogP) is 2.62. The molecule has 0 bridgehead atoms. The maximum atomic E-state index is 12.2. The van der Waals surface area contributed by atoms with Crippen LogP contribution in [0.3, 0.4) is 0 Å². The van der Waals surface area contributed by atoms with Gasteiger partial charge in [-0.05, 0) is 43.7 Å². The predicted molar refractivity (Wildman–Crippen MR) is 91.9 cm³/mol. The summed E-state index contributed by atoms with van der Waals surface area (Å²) in [6.07, 6.45) is 2.64. The number of carbonyl (C=O) groups is 2. The van der Waals surface area contributed by atoms with Crippen LogP contribution < -0.4 is 5.32 Å². The van der Waals surface area contributed by atoms with Gasteiger partial charge in [0.2, 0.25) is 5.91 Å². The lowest BCUT2D eigenvalue weighted by Gasteiger charge is -2.08. The first-order chi connectivity index (χ1) is 12.0. The zero-order chi connectivity index (χ0) is 18.0. The van der Waals surface area contributed by atoms with Gasteiger partial charge in [0.05, 0.1) is 5.69 Å². The third-order valence-electron chi connectivity index (χ3n) is 3.93. The van der Waals surface area contributed by atoms with Crippen LogP contribution >= 0.6 is 0 Å². The summed E-state index contributed by atoms with van der Waals surface area (Å²) in [5.41, 5.74) is 2.74. The number of hydrogen-bond acceptors (Lipinski definition) is 4. The van der Waals surface area contributed by atoms with Crippen molar-refractivity contribution in [3.8, 4) is 5.75 Å². The number of hydrogen-bond donors (Lipinski definition) is 3. The smallest absolute Gasteiger partial charge is 0.339 e. The largest absolute Gasteiger partial charge is 0.507 e. The van der Waals surface area contributed by atoms with Gasteiger partial charge >= 0.3 is 5.97 Å². The number of carboxylic acid groups (broad SMARTS) is 1. The number of carbonyl (C=O) groups excluding carboxylic acids is 1. The van der Waals surface area contributed by atoms with Crippen molar-refractivity contribution in [2.24, 2.45) is 0 Å². The number of nitrogens with zero attached hydrogens (tertiary/aromatic N) is 2. The summed E-state index contributed by atoms with van der Waals surface area (Å²) in [4.78, 5) is 27.6. The Labute approximate surface area is 143 Å². The zero-order valence-electron chi connectivity index (χ0n) is 13.6. The van der Waals surface area contributed by atoms with Crippen LogP contribution in [0.1, 0.15) is 28.2 Å². The molecule has 0 radical (unpaired) electrons. The fourth-order valence-corrected chi connectivity index (χ4v) is 2.71. The summed E-state index contributed by atoms with van der Waals surface area (Å²) in [7, 11) is 0. The Morgan fingerprint density at radius 3 is 2.80 bits per heavy atom. The molecule has 0 aliphatic heterocycles. The number of imidazole rings is 1. The third-order valence-corrected chi connectivity index (χ3v) is 3.93. The monoisotopic (exact) mass is 339 g/mol. The van der Waals surface area contributed by atoms with E-state index in [9.17, 15) is 14.7 Å². The number of aromatic nitrogens is 2. The Bertz CT molecular complexity index is 962. The number of rotatable bonds is 5. The number of nitrogens with one attached hydrogen (secondary N) is 1. The molecular weight excluding hydrogens is 322 g/mol. The number of phenols is 1. The number of aryl methyl sites for hydroxylation is 2. The first kappa shape index (κ1) is 16.5. The van der Waals surface area contributed by atoms with Gasteiger partial charge in [-0.1, -0.05) is 6.07 Å². The Morgan fingerprint density at radius 2 is 2.04 bits per heavy atom. The van der Waals surface area contributed by atoms with Crippen molar-refractivity contribution in [1.82, 2.24) is 9.38 Å². The molecule has 7 nitrogen and oxygen atoms in total. The van der Waals surface area contributed by atoms with Gasteiger partial charge in [0.15, 0.2) is 0 Å². The van der Waals surface area contributed by atoms with Crippen LogP contribution in [-0.2, 0) is 11.2 Å². The molecule has 0 fully saturated rings. The van der Waals surface area contributed by atoms with Crippen LogP contribution in [0.5, 0.6) is 5.75 Å². The van der Waals surface area contributed by atoms with Gasteiger partial charge < -0.3 is 19.9 Å². The fourth-order valence-electron chi connectivity index (χ4n) is 2.71. The molecule has 7 heteroatoms. The quantitative estimate of drug-likeness (QED) is 0.620. The lowest BCUT2D eigenvalue weighted by atomic mass is 10.1. The number of fused-ring (bicyclic) bond motifs is 1. The molecule has 2 aromatic heterocycles. The lowest BCUT2D eigenvalue weighted by molar-refractivity contribution is -0.116. The van der Waals surface area contributed by atoms with Gasteiger partial charge in [0, 0.05) is 24.0 Å². The van der Waals surface area contributed by atoms with E-state index < -0.39 is 5.97 Å². The average Bonchev–Trinajstić information content (AvgIpc) is 2.89. The van der Waals surface area contributed by atoms with Crippen LogP contribution in [0.15, 0.2) is 42.6 Å². The molecular formula is C18H17N3O4. The van der Waals surface area contributed by atoms with Crippen LogP contribution in [0.2, 0.25) is 0 Å². The van der Waals surface area contributed by atoms with Crippen molar-refractivity contribution in [2.45, 2.75) is 19.8 Å². The van der Waals surface area contributed by atoms with Crippen LogP contribution in [-0.4, -0.2) is 31.5 Å². The minimum atomic E-state index is -1.25. The Balaban J connectivity index is 1.70. The summed E-state index contributed by atoms with van der Waals surface area (Å²) in [5, 5.41) is 21.1. The molecule has 0 spiro atoms. The Kier molecular flexibility index (Phi) is 4.38. The molecule has 2 heterocycles. The van der Waals surface area contributed by atoms with E-state index in [1.165, 1.54) is 18.2 Å². The lowest BCUT2D eigenvalue weighted by Crippen LogP contribution is -2.13. The molecule has 128 valence electrons. The molecule has 25 heavy (non-hydrogen) atoms. The van der Waals surface area contributed by atoms with E-state index in [0.717, 1.165) is 17.0 Å². The number of aromatic hydroxyl groups is 1. The molecule has 0 aliphatic rings. The SMILES string of the molecule is Cc1nc2ccccn2c1CCC(=O)Nc1ccc(O)c(C(=O)O)c1. The molecule has 3 N–H and O–H groups in total. The summed E-state index contributed by atoms with van der Waals surface area (Å²) >= 11 is 0. The number of benzene rings is 1. The van der Waals surface area contributed by atoms with Crippen molar-refractivity contribution < 1.29 is 19.8 Å². The Hall–Kier alpha value is -3.35. The van der Waals surface area contributed by atoms with Crippen molar-refractivity contribution in [3.05, 3.63) is 59.5 Å². The van der Waals surface area contributed by atoms with Gasteiger partial charge in [-0.15, -0.1) is 0 Å². The maximum Gasteiger partial charge on any atom is 0.339 e. The highest BCUT2D eigenvalue weighted by Crippen LogP contribution is 2.22. The van der Waals surface area contributed by atoms with Gasteiger partial charge in [0.1, 0.15) is 17.0 Å². The van der Waals surface area contributed by atoms with Gasteiger partial charge in [-0.2, -0.15) is 0 Å². The molecule has 1 aromatic carbocycles. The van der Waals surface area contributed by atoms with E-state index in [0.29, 0.717) is 12.1 Å². The normalized spacial score (nSPS) is 10.8. The molecule has 0 atom stereocenters. The molecule has 0 aliphatic carbocycles. The zero-order valence-corrected chi connectivity index (χ0v) is 13.6. The highest BCUT2D eigenvalue weighted by Gasteiger charge is 2.13. The highest BCUT2D eigenvalue weighted by atomic mass is 16.4. The molecule has 3 rings (SSSR count). The number of pyridine rings is 1. The second-order valence-electron chi connectivity index (χ2n) is 5.66. The minimum Gasteiger partial charge on any atom is -0.507 e. The van der Waals surface area contributed by atoms with E-state index in [4.69, 9.17) is 5.11 Å². The average molecular weight is 339 g/mol. The first-order valence-corrected chi connectivity index (χ1v) is 7.74. The second-order valence-corrected chi connectivity index (χ2v) is 5.66. The topological polar surface area (TPSA) is 104 Å². The van der Waals surface area contributed by atoms with E-state index >= 15 is 0 Å². The number of carboxylic acids is 1. The van der Waals surface area contributed by atoms with E-state index in [-0.39, 0.29) is 23.6 Å². The van der Waals surface area contributed by atoms with E-state index in [2.05, 4.69) is 10.3 Å². The van der Waals surface area contributed by atoms with Gasteiger partial charge in [-0.3, -0.25) is 4.79 Å². The molecule has 0 saturated carbocycles. The summed E-state index contributed by atoms with van der Waals surface area (Å²) in [6, 6.07) is 9.65. The van der Waals surface area contributed by atoms with E-state index in [1.807, 2.05) is 35.7 Å². The van der Waals surface area contributed by atoms with Crippen molar-refractivity contribution in [1.29, 1.82) is 0 Å². The van der Waals surface area contributed by atoms with Crippen LogP contribution in [0.25, 0.3) is 5.65 Å². The standard InChI is InChI=1S/C18H17N3O4/c1-11-14(21-9-3-2-4-16(21)19-11)6-8-17(23)20-12-5-7-15(22)13(10-12)18(24)25/h2-5,7,9-10,22H,6,8H2,1H3,(H,20,23)(H,24,25).